The van der Waals surface area contributed by atoms with Gasteiger partial charge in [0.1, 0.15) is 10.3 Å². The van der Waals surface area contributed by atoms with Gasteiger partial charge in [-0.3, -0.25) is 9.36 Å². The topological polar surface area (TPSA) is 41.4 Å². The molecule has 3 aromatic rings. The average molecular weight is 340 g/mol. The zero-order valence-corrected chi connectivity index (χ0v) is 14.7. The Kier molecular flexibility index (Phi) is 3.76. The molecule has 0 unspecified atom stereocenters. The summed E-state index contributed by atoms with van der Waals surface area (Å²) < 4.78 is 2.13. The molecule has 0 N–H and O–H groups in total. The number of imidazole rings is 1. The van der Waals surface area contributed by atoms with Crippen molar-refractivity contribution in [3.63, 3.8) is 0 Å². The number of anilines is 1. The average Bonchev–Trinajstić information content (AvgIpc) is 3.30. The summed E-state index contributed by atoms with van der Waals surface area (Å²) in [5.41, 5.74) is 1.95. The molecule has 1 saturated heterocycles. The minimum atomic E-state index is 0.140. The Morgan fingerprint density at radius 2 is 1.88 bits per heavy atom. The highest BCUT2D eigenvalue weighted by Crippen LogP contribution is 2.33. The molecule has 1 aliphatic rings. The number of aromatic nitrogens is 2. The third-order valence-electron chi connectivity index (χ3n) is 4.34. The van der Waals surface area contributed by atoms with Gasteiger partial charge in [0.2, 0.25) is 5.95 Å². The number of carbonyl (C=O) groups excluding carboxylic acids is 1. The van der Waals surface area contributed by atoms with Crippen molar-refractivity contribution in [2.75, 3.05) is 32.1 Å². The second kappa shape index (κ2) is 5.94. The molecule has 0 bridgehead atoms. The molecule has 6 heteroatoms. The molecule has 1 aromatic carbocycles. The van der Waals surface area contributed by atoms with Crippen LogP contribution in [0.4, 0.5) is 5.95 Å². The smallest absolute Gasteiger partial charge is 0.264 e. The summed E-state index contributed by atoms with van der Waals surface area (Å²) in [6.45, 7) is 1.74. The predicted molar refractivity (Wildman–Crippen MR) is 98.4 cm³/mol. The Labute approximate surface area is 145 Å². The summed E-state index contributed by atoms with van der Waals surface area (Å²) in [4.78, 5) is 23.2. The zero-order chi connectivity index (χ0) is 16.7. The summed E-state index contributed by atoms with van der Waals surface area (Å²) in [6, 6.07) is 12.1. The van der Waals surface area contributed by atoms with Gasteiger partial charge in [-0.15, -0.1) is 11.3 Å². The van der Waals surface area contributed by atoms with Crippen molar-refractivity contribution in [3.05, 3.63) is 41.3 Å². The first-order valence-corrected chi connectivity index (χ1v) is 9.01. The standard InChI is InChI=1S/C18H20N4OS/c1-20(2)18-19-14-12-15(16(23)21-10-6-7-11-21)24-17(14)22(18)13-8-4-3-5-9-13/h3-5,8-9,12H,6-7,10-11H2,1-2H3. The van der Waals surface area contributed by atoms with Crippen LogP contribution in [0, 0.1) is 0 Å². The summed E-state index contributed by atoms with van der Waals surface area (Å²) >= 11 is 1.53. The van der Waals surface area contributed by atoms with Crippen LogP contribution in [0.1, 0.15) is 22.5 Å². The van der Waals surface area contributed by atoms with E-state index >= 15 is 0 Å². The molecular weight excluding hydrogens is 320 g/mol. The van der Waals surface area contributed by atoms with Gasteiger partial charge in [-0.25, -0.2) is 4.98 Å². The van der Waals surface area contributed by atoms with Crippen LogP contribution in [-0.4, -0.2) is 47.5 Å². The highest BCUT2D eigenvalue weighted by molar-refractivity contribution is 7.20. The van der Waals surface area contributed by atoms with Gasteiger partial charge in [-0.2, -0.15) is 0 Å². The molecule has 1 amide bonds. The first-order chi connectivity index (χ1) is 11.6. The van der Waals surface area contributed by atoms with Crippen LogP contribution >= 0.6 is 11.3 Å². The monoisotopic (exact) mass is 340 g/mol. The minimum Gasteiger partial charge on any atom is -0.348 e. The van der Waals surface area contributed by atoms with E-state index in [0.717, 1.165) is 52.8 Å². The molecule has 0 spiro atoms. The van der Waals surface area contributed by atoms with E-state index in [1.165, 1.54) is 11.3 Å². The molecule has 124 valence electrons. The van der Waals surface area contributed by atoms with Gasteiger partial charge < -0.3 is 9.80 Å². The van der Waals surface area contributed by atoms with Gasteiger partial charge in [0, 0.05) is 32.9 Å². The summed E-state index contributed by atoms with van der Waals surface area (Å²) in [7, 11) is 3.98. The second-order valence-electron chi connectivity index (χ2n) is 6.28. The van der Waals surface area contributed by atoms with E-state index in [1.54, 1.807) is 0 Å². The van der Waals surface area contributed by atoms with E-state index < -0.39 is 0 Å². The lowest BCUT2D eigenvalue weighted by Gasteiger charge is -2.15. The first kappa shape index (κ1) is 15.2. The van der Waals surface area contributed by atoms with Crippen LogP contribution in [0.5, 0.6) is 0 Å². The maximum Gasteiger partial charge on any atom is 0.264 e. The molecule has 0 saturated carbocycles. The number of likely N-dealkylation sites (tertiary alicyclic amines) is 1. The Morgan fingerprint density at radius 1 is 1.17 bits per heavy atom. The molecule has 0 atom stereocenters. The molecule has 5 nitrogen and oxygen atoms in total. The summed E-state index contributed by atoms with van der Waals surface area (Å²) in [6.07, 6.45) is 2.21. The van der Waals surface area contributed by atoms with Crippen LogP contribution in [0.3, 0.4) is 0 Å². The Morgan fingerprint density at radius 3 is 2.54 bits per heavy atom. The van der Waals surface area contributed by atoms with E-state index in [1.807, 2.05) is 48.2 Å². The van der Waals surface area contributed by atoms with E-state index in [0.29, 0.717) is 0 Å². The van der Waals surface area contributed by atoms with Gasteiger partial charge >= 0.3 is 0 Å². The minimum absolute atomic E-state index is 0.140. The third kappa shape index (κ3) is 2.47. The Bertz CT molecular complexity index is 875. The Balaban J connectivity index is 1.83. The second-order valence-corrected chi connectivity index (χ2v) is 7.31. The maximum absolute atomic E-state index is 12.7. The predicted octanol–water partition coefficient (Wildman–Crippen LogP) is 3.39. The first-order valence-electron chi connectivity index (χ1n) is 8.19. The number of carbonyl (C=O) groups is 1. The zero-order valence-electron chi connectivity index (χ0n) is 13.9. The number of para-hydroxylation sites is 1. The number of fused-ring (bicyclic) bond motifs is 1. The summed E-state index contributed by atoms with van der Waals surface area (Å²) in [5, 5.41) is 0. The molecule has 0 radical (unpaired) electrons. The molecule has 3 heterocycles. The van der Waals surface area contributed by atoms with Gasteiger partial charge in [-0.05, 0) is 31.0 Å². The molecule has 4 rings (SSSR count). The number of nitrogens with zero attached hydrogens (tertiary/aromatic N) is 4. The van der Waals surface area contributed by atoms with Gasteiger partial charge in [0.05, 0.1) is 4.88 Å². The van der Waals surface area contributed by atoms with Crippen molar-refractivity contribution in [3.8, 4) is 5.69 Å². The molecule has 2 aromatic heterocycles. The SMILES string of the molecule is CN(C)c1nc2cc(C(=O)N3CCCC3)sc2n1-c1ccccc1. The van der Waals surface area contributed by atoms with Crippen LogP contribution in [-0.2, 0) is 0 Å². The number of hydrogen-bond donors (Lipinski definition) is 0. The van der Waals surface area contributed by atoms with Crippen molar-refractivity contribution in [2.45, 2.75) is 12.8 Å². The van der Waals surface area contributed by atoms with E-state index in [2.05, 4.69) is 16.7 Å². The highest BCUT2D eigenvalue weighted by Gasteiger charge is 2.24. The fourth-order valence-electron chi connectivity index (χ4n) is 3.15. The fraction of sp³-hybridized carbons (Fsp3) is 0.333. The van der Waals surface area contributed by atoms with Crippen LogP contribution in [0.2, 0.25) is 0 Å². The maximum atomic E-state index is 12.7. The number of benzene rings is 1. The number of rotatable bonds is 3. The van der Waals surface area contributed by atoms with E-state index in [9.17, 15) is 4.79 Å². The molecule has 1 aliphatic heterocycles. The molecule has 24 heavy (non-hydrogen) atoms. The largest absolute Gasteiger partial charge is 0.348 e. The normalized spacial score (nSPS) is 14.5. The fourth-order valence-corrected chi connectivity index (χ4v) is 4.23. The van der Waals surface area contributed by atoms with Gasteiger partial charge in [-0.1, -0.05) is 18.2 Å². The van der Waals surface area contributed by atoms with E-state index in [-0.39, 0.29) is 5.91 Å². The lowest BCUT2D eigenvalue weighted by atomic mass is 10.3. The Hall–Kier alpha value is -2.34. The number of thiophene rings is 1. The number of hydrogen-bond acceptors (Lipinski definition) is 4. The van der Waals surface area contributed by atoms with E-state index in [4.69, 9.17) is 4.98 Å². The van der Waals surface area contributed by atoms with Crippen molar-refractivity contribution in [2.24, 2.45) is 0 Å². The van der Waals surface area contributed by atoms with Crippen LogP contribution in [0.15, 0.2) is 36.4 Å². The lowest BCUT2D eigenvalue weighted by molar-refractivity contribution is 0.0797. The highest BCUT2D eigenvalue weighted by atomic mass is 32.1. The lowest BCUT2D eigenvalue weighted by Crippen LogP contribution is -2.26. The van der Waals surface area contributed by atoms with Gasteiger partial charge in [0.15, 0.2) is 0 Å². The molecule has 0 aliphatic carbocycles. The van der Waals surface area contributed by atoms with Crippen molar-refractivity contribution in [1.82, 2.24) is 14.5 Å². The van der Waals surface area contributed by atoms with Crippen LogP contribution in [0.25, 0.3) is 16.0 Å². The number of amides is 1. The quantitative estimate of drug-likeness (QED) is 0.734. The summed E-state index contributed by atoms with van der Waals surface area (Å²) in [5.74, 6) is 1.02. The molecular formula is C18H20N4OS. The molecule has 1 fully saturated rings. The van der Waals surface area contributed by atoms with Crippen molar-refractivity contribution < 1.29 is 4.79 Å². The van der Waals surface area contributed by atoms with Crippen molar-refractivity contribution in [1.29, 1.82) is 0 Å². The van der Waals surface area contributed by atoms with Crippen molar-refractivity contribution >= 4 is 33.5 Å². The van der Waals surface area contributed by atoms with Crippen LogP contribution < -0.4 is 4.90 Å². The van der Waals surface area contributed by atoms with Gasteiger partial charge in [0.25, 0.3) is 5.91 Å². The third-order valence-corrected chi connectivity index (χ3v) is 5.43.